The third kappa shape index (κ3) is 9.94. The van der Waals surface area contributed by atoms with Crippen molar-refractivity contribution < 1.29 is 14.6 Å². The first-order valence-electron chi connectivity index (χ1n) is 21.1. The number of rotatable bonds is 16. The number of pyridine rings is 1. The van der Waals surface area contributed by atoms with Gasteiger partial charge in [0, 0.05) is 31.1 Å². The Kier molecular flexibility index (Phi) is 13.0. The summed E-state index contributed by atoms with van der Waals surface area (Å²) in [5, 5.41) is 31.9. The molecule has 0 radical (unpaired) electrons. The molecule has 4 N–H and O–H groups in total. The molecule has 10 nitrogen and oxygen atoms in total. The number of nitrogens with one attached hydrogen (secondary N) is 2. The van der Waals surface area contributed by atoms with E-state index in [1.165, 1.54) is 17.2 Å². The number of piperidine rings is 1. The van der Waals surface area contributed by atoms with Crippen molar-refractivity contribution in [3.63, 3.8) is 0 Å². The van der Waals surface area contributed by atoms with Gasteiger partial charge in [0.25, 0.3) is 0 Å². The van der Waals surface area contributed by atoms with E-state index < -0.39 is 13.9 Å². The Morgan fingerprint density at radius 2 is 1.49 bits per heavy atom. The molecule has 0 aliphatic carbocycles. The van der Waals surface area contributed by atoms with Gasteiger partial charge in [0.15, 0.2) is 19.7 Å². The van der Waals surface area contributed by atoms with E-state index in [0.29, 0.717) is 23.8 Å². The minimum atomic E-state index is -2.15. The summed E-state index contributed by atoms with van der Waals surface area (Å²) in [5.74, 6) is 0.965. The molecule has 2 aromatic heterocycles. The van der Waals surface area contributed by atoms with E-state index in [1.54, 1.807) is 18.5 Å². The maximum absolute atomic E-state index is 12.1. The summed E-state index contributed by atoms with van der Waals surface area (Å²) in [5.41, 5.74) is 3.87. The van der Waals surface area contributed by atoms with Crippen LogP contribution in [-0.2, 0) is 29.4 Å². The number of phenolic OH excluding ortho intramolecular Hbond substituents is 1. The summed E-state index contributed by atoms with van der Waals surface area (Å²) < 4.78 is 8.88. The van der Waals surface area contributed by atoms with Crippen LogP contribution in [0.15, 0.2) is 120 Å². The molecule has 0 bridgehead atoms. The first-order valence-corrected chi connectivity index (χ1v) is 24.0. The molecule has 4 aromatic carbocycles. The van der Waals surface area contributed by atoms with Crippen molar-refractivity contribution in [3.05, 3.63) is 160 Å². The van der Waals surface area contributed by atoms with Crippen molar-refractivity contribution in [1.82, 2.24) is 30.0 Å². The van der Waals surface area contributed by atoms with Crippen LogP contribution in [-0.4, -0.2) is 75.9 Å². The van der Waals surface area contributed by atoms with Gasteiger partial charge in [-0.1, -0.05) is 112 Å². The van der Waals surface area contributed by atoms with Gasteiger partial charge in [-0.25, -0.2) is 4.98 Å². The zero-order valence-corrected chi connectivity index (χ0v) is 36.2. The summed E-state index contributed by atoms with van der Waals surface area (Å²) in [7, 11) is -2.15. The van der Waals surface area contributed by atoms with Gasteiger partial charge in [0.1, 0.15) is 12.1 Å². The van der Waals surface area contributed by atoms with E-state index in [-0.39, 0.29) is 22.5 Å². The molecule has 0 spiro atoms. The van der Waals surface area contributed by atoms with Gasteiger partial charge in [0.2, 0.25) is 5.56 Å². The molecule has 0 unspecified atom stereocenters. The standard InChI is InChI=1S/C48H60N6O4Si/c1-47(2,3)59(4,5)58-43(40-20-22-42(55)45-41(40)21-23-44(56)51-45)32-49-28-24-35-16-18-36(19-17-35)25-29-53-30-26-37(27-31-53)33-54-34-50-46(52-54)48(57,38-12-8-6-9-13-38)39-14-10-7-11-15-39/h6-23,34,37,43,49,55,57H,24-33H2,1-5H3,(H,51,56)/t43-/m0/s1. The van der Waals surface area contributed by atoms with Crippen LogP contribution in [0.1, 0.15) is 73.4 Å². The van der Waals surface area contributed by atoms with E-state index in [1.807, 2.05) is 71.4 Å². The predicted molar refractivity (Wildman–Crippen MR) is 238 cm³/mol. The number of H-pyrrole nitrogens is 1. The van der Waals surface area contributed by atoms with Crippen LogP contribution < -0.4 is 10.9 Å². The van der Waals surface area contributed by atoms with Crippen molar-refractivity contribution in [2.24, 2.45) is 5.92 Å². The molecular weight excluding hydrogens is 753 g/mol. The molecule has 1 aliphatic rings. The number of aromatic hydroxyl groups is 1. The van der Waals surface area contributed by atoms with Crippen LogP contribution >= 0.6 is 0 Å². The first-order chi connectivity index (χ1) is 28.3. The lowest BCUT2D eigenvalue weighted by atomic mass is 9.86. The highest BCUT2D eigenvalue weighted by molar-refractivity contribution is 6.74. The van der Waals surface area contributed by atoms with Gasteiger partial charge in [-0.2, -0.15) is 5.10 Å². The normalized spacial score (nSPS) is 15.2. The number of hydrogen-bond acceptors (Lipinski definition) is 8. The van der Waals surface area contributed by atoms with E-state index in [0.717, 1.165) is 80.5 Å². The van der Waals surface area contributed by atoms with Crippen LogP contribution in [0.4, 0.5) is 0 Å². The highest BCUT2D eigenvalue weighted by Crippen LogP contribution is 2.41. The van der Waals surface area contributed by atoms with Gasteiger partial charge >= 0.3 is 0 Å². The number of phenols is 1. The Balaban J connectivity index is 0.880. The Morgan fingerprint density at radius 3 is 2.12 bits per heavy atom. The van der Waals surface area contributed by atoms with Crippen LogP contribution in [0.3, 0.4) is 0 Å². The highest BCUT2D eigenvalue weighted by atomic mass is 28.4. The van der Waals surface area contributed by atoms with Crippen molar-refractivity contribution in [2.75, 3.05) is 32.7 Å². The average Bonchev–Trinajstić information content (AvgIpc) is 3.71. The molecule has 1 aliphatic heterocycles. The zero-order valence-electron chi connectivity index (χ0n) is 35.2. The number of fused-ring (bicyclic) bond motifs is 1. The number of benzene rings is 4. The minimum Gasteiger partial charge on any atom is -0.506 e. The fourth-order valence-corrected chi connectivity index (χ4v) is 9.18. The predicted octanol–water partition coefficient (Wildman–Crippen LogP) is 7.96. The lowest BCUT2D eigenvalue weighted by molar-refractivity contribution is 0.114. The molecule has 0 amide bonds. The lowest BCUT2D eigenvalue weighted by Crippen LogP contribution is -2.43. The Morgan fingerprint density at radius 1 is 0.864 bits per heavy atom. The summed E-state index contributed by atoms with van der Waals surface area (Å²) in [6, 6.07) is 35.2. The fraction of sp³-hybridized carbons (Fsp3) is 0.396. The van der Waals surface area contributed by atoms with E-state index in [2.05, 4.69) is 78.3 Å². The first kappa shape index (κ1) is 42.2. The largest absolute Gasteiger partial charge is 0.506 e. The molecule has 59 heavy (non-hydrogen) atoms. The molecule has 1 fully saturated rings. The number of aliphatic hydroxyl groups is 1. The minimum absolute atomic E-state index is 0.0244. The van der Waals surface area contributed by atoms with Gasteiger partial charge in [-0.05, 0) is 109 Å². The van der Waals surface area contributed by atoms with Crippen molar-refractivity contribution >= 4 is 19.2 Å². The number of aromatic nitrogens is 4. The molecule has 1 atom stereocenters. The Hall–Kier alpha value is -4.91. The maximum atomic E-state index is 12.1. The van der Waals surface area contributed by atoms with Crippen LogP contribution in [0, 0.1) is 5.92 Å². The van der Waals surface area contributed by atoms with Crippen molar-refractivity contribution in [2.45, 2.75) is 82.8 Å². The highest BCUT2D eigenvalue weighted by Gasteiger charge is 2.40. The number of hydrogen-bond donors (Lipinski definition) is 4. The van der Waals surface area contributed by atoms with E-state index in [4.69, 9.17) is 9.52 Å². The number of likely N-dealkylation sites (tertiary alicyclic amines) is 1. The molecule has 3 heterocycles. The van der Waals surface area contributed by atoms with Crippen LogP contribution in [0.2, 0.25) is 18.1 Å². The maximum Gasteiger partial charge on any atom is 0.248 e. The topological polar surface area (TPSA) is 129 Å². The lowest BCUT2D eigenvalue weighted by Gasteiger charge is -2.39. The summed E-state index contributed by atoms with van der Waals surface area (Å²) in [6.45, 7) is 16.6. The molecule has 310 valence electrons. The van der Waals surface area contributed by atoms with Gasteiger partial charge in [0.05, 0.1) is 11.6 Å². The SMILES string of the molecule is CC(C)(C)[Si](C)(C)O[C@@H](CNCCc1ccc(CCN2CCC(Cn3cnc(C(O)(c4ccccc4)c4ccccc4)n3)CC2)cc1)c1ccc(O)c2[nH]c(=O)ccc12. The molecular formula is C48H60N6O4Si. The van der Waals surface area contributed by atoms with Gasteiger partial charge < -0.3 is 29.8 Å². The van der Waals surface area contributed by atoms with E-state index >= 15 is 0 Å². The molecule has 11 heteroatoms. The van der Waals surface area contributed by atoms with Crippen LogP contribution in [0.5, 0.6) is 5.75 Å². The quantitative estimate of drug-likeness (QED) is 0.0573. The molecule has 6 aromatic rings. The average molecular weight is 813 g/mol. The third-order valence-electron chi connectivity index (χ3n) is 12.6. The number of nitrogens with zero attached hydrogens (tertiary/aromatic N) is 4. The summed E-state index contributed by atoms with van der Waals surface area (Å²) >= 11 is 0. The van der Waals surface area contributed by atoms with E-state index in [9.17, 15) is 15.0 Å². The monoisotopic (exact) mass is 812 g/mol. The Labute approximate surface area is 349 Å². The third-order valence-corrected chi connectivity index (χ3v) is 17.0. The molecule has 7 rings (SSSR count). The number of aromatic amines is 1. The smallest absolute Gasteiger partial charge is 0.248 e. The molecule has 1 saturated heterocycles. The fourth-order valence-electron chi connectivity index (χ4n) is 7.90. The second-order valence-electron chi connectivity index (χ2n) is 17.7. The summed E-state index contributed by atoms with van der Waals surface area (Å²) in [6.07, 6.45) is 5.66. The van der Waals surface area contributed by atoms with Gasteiger partial charge in [-0.15, -0.1) is 0 Å². The van der Waals surface area contributed by atoms with Gasteiger partial charge in [-0.3, -0.25) is 9.48 Å². The Bertz CT molecular complexity index is 2290. The second-order valence-corrected chi connectivity index (χ2v) is 22.4. The zero-order chi connectivity index (χ0) is 41.6. The van der Waals surface area contributed by atoms with Crippen LogP contribution in [0.25, 0.3) is 10.9 Å². The van der Waals surface area contributed by atoms with Crippen molar-refractivity contribution in [3.8, 4) is 5.75 Å². The second kappa shape index (κ2) is 18.1. The van der Waals surface area contributed by atoms with Crippen molar-refractivity contribution in [1.29, 1.82) is 0 Å². The summed E-state index contributed by atoms with van der Waals surface area (Å²) in [4.78, 5) is 22.1. The molecule has 0 saturated carbocycles.